The van der Waals surface area contributed by atoms with E-state index in [0.717, 1.165) is 11.3 Å². The van der Waals surface area contributed by atoms with Gasteiger partial charge >= 0.3 is 0 Å². The van der Waals surface area contributed by atoms with Gasteiger partial charge in [-0.15, -0.1) is 11.6 Å². The topological polar surface area (TPSA) is 26.3 Å². The number of hydrogen-bond acceptors (Lipinski definition) is 2. The molecule has 0 heterocycles. The molecule has 1 aromatic rings. The summed E-state index contributed by atoms with van der Waals surface area (Å²) in [6.45, 7) is 9.09. The van der Waals surface area contributed by atoms with E-state index in [1.54, 1.807) is 6.07 Å². The van der Waals surface area contributed by atoms with E-state index in [0.29, 0.717) is 24.0 Å². The average Bonchev–Trinajstić information content (AvgIpc) is 2.34. The lowest BCUT2D eigenvalue weighted by Crippen LogP contribution is -2.08. The molecule has 0 aliphatic heterocycles. The summed E-state index contributed by atoms with van der Waals surface area (Å²) < 4.78 is 5.78. The molecule has 0 aliphatic rings. The molecule has 100 valence electrons. The quantitative estimate of drug-likeness (QED) is 0.569. The number of hydrogen-bond donors (Lipinski definition) is 0. The van der Waals surface area contributed by atoms with Crippen molar-refractivity contribution in [3.8, 4) is 5.75 Å². The third kappa shape index (κ3) is 4.02. The number of carbonyl (C=O) groups excluding carboxylic acids is 1. The highest BCUT2D eigenvalue weighted by Gasteiger charge is 2.12. The number of Topliss-reactive ketones (excluding diaryl/α,β-unsaturated/α-hetero) is 1. The molecule has 0 spiro atoms. The van der Waals surface area contributed by atoms with E-state index in [2.05, 4.69) is 27.7 Å². The normalized spacial score (nSPS) is 11.1. The molecule has 0 radical (unpaired) electrons. The van der Waals surface area contributed by atoms with Crippen LogP contribution in [0.5, 0.6) is 5.75 Å². The molecule has 3 heteroatoms. The summed E-state index contributed by atoms with van der Waals surface area (Å²) in [5, 5.41) is 0. The fourth-order valence-corrected chi connectivity index (χ4v) is 1.79. The van der Waals surface area contributed by atoms with Gasteiger partial charge in [0.15, 0.2) is 5.78 Å². The maximum Gasteiger partial charge on any atom is 0.177 e. The van der Waals surface area contributed by atoms with Crippen molar-refractivity contribution in [1.82, 2.24) is 0 Å². The number of ketones is 1. The standard InChI is InChI=1S/C15H21ClO2/c1-10(2)9-18-15-6-5-12(14(17)8-16)7-13(15)11(3)4/h5-7,10-11H,8-9H2,1-4H3. The Labute approximate surface area is 114 Å². The number of halogens is 1. The summed E-state index contributed by atoms with van der Waals surface area (Å²) in [7, 11) is 0. The molecule has 1 rings (SSSR count). The highest BCUT2D eigenvalue weighted by Crippen LogP contribution is 2.28. The lowest BCUT2D eigenvalue weighted by Gasteiger charge is -2.16. The Hall–Kier alpha value is -1.02. The zero-order valence-electron chi connectivity index (χ0n) is 11.5. The van der Waals surface area contributed by atoms with E-state index in [4.69, 9.17) is 16.3 Å². The Bertz CT molecular complexity index is 411. The monoisotopic (exact) mass is 268 g/mol. The van der Waals surface area contributed by atoms with Crippen LogP contribution in [0.2, 0.25) is 0 Å². The third-order valence-electron chi connectivity index (χ3n) is 2.65. The number of rotatable bonds is 6. The summed E-state index contributed by atoms with van der Waals surface area (Å²) in [6, 6.07) is 5.55. The molecule has 0 N–H and O–H groups in total. The lowest BCUT2D eigenvalue weighted by atomic mass is 9.98. The molecule has 0 unspecified atom stereocenters. The number of alkyl halides is 1. The molecular formula is C15H21ClO2. The molecule has 0 saturated carbocycles. The Morgan fingerprint density at radius 2 is 1.94 bits per heavy atom. The van der Waals surface area contributed by atoms with Crippen molar-refractivity contribution in [2.24, 2.45) is 5.92 Å². The first-order valence-corrected chi connectivity index (χ1v) is 6.85. The van der Waals surface area contributed by atoms with Gasteiger partial charge in [-0.1, -0.05) is 27.7 Å². The number of benzene rings is 1. The van der Waals surface area contributed by atoms with Crippen LogP contribution in [0.1, 0.15) is 49.5 Å². The Kier molecular flexibility index (Phi) is 5.67. The van der Waals surface area contributed by atoms with E-state index in [1.807, 2.05) is 12.1 Å². The van der Waals surface area contributed by atoms with Crippen LogP contribution in [0, 0.1) is 5.92 Å². The first-order valence-electron chi connectivity index (χ1n) is 6.31. The summed E-state index contributed by atoms with van der Waals surface area (Å²) in [5.74, 6) is 1.63. The van der Waals surface area contributed by atoms with Gasteiger partial charge in [0.2, 0.25) is 0 Å². The summed E-state index contributed by atoms with van der Waals surface area (Å²) in [4.78, 5) is 11.6. The van der Waals surface area contributed by atoms with Crippen LogP contribution in [-0.4, -0.2) is 18.3 Å². The van der Waals surface area contributed by atoms with Crippen LogP contribution in [0.3, 0.4) is 0 Å². The molecule has 0 amide bonds. The fourth-order valence-electron chi connectivity index (χ4n) is 1.64. The summed E-state index contributed by atoms with van der Waals surface area (Å²) in [6.07, 6.45) is 0. The van der Waals surface area contributed by atoms with Crippen LogP contribution in [0.25, 0.3) is 0 Å². The van der Waals surface area contributed by atoms with E-state index >= 15 is 0 Å². The van der Waals surface area contributed by atoms with Gasteiger partial charge in [-0.2, -0.15) is 0 Å². The van der Waals surface area contributed by atoms with Gasteiger partial charge in [-0.3, -0.25) is 4.79 Å². The van der Waals surface area contributed by atoms with Crippen molar-refractivity contribution < 1.29 is 9.53 Å². The van der Waals surface area contributed by atoms with Crippen LogP contribution in [0.4, 0.5) is 0 Å². The first-order chi connectivity index (χ1) is 8.45. The predicted molar refractivity (Wildman–Crippen MR) is 75.9 cm³/mol. The molecule has 0 bridgehead atoms. The van der Waals surface area contributed by atoms with Gasteiger partial charge in [-0.25, -0.2) is 0 Å². The number of carbonyl (C=O) groups is 1. The fraction of sp³-hybridized carbons (Fsp3) is 0.533. The minimum atomic E-state index is -0.0472. The SMILES string of the molecule is CC(C)COc1ccc(C(=O)CCl)cc1C(C)C. The van der Waals surface area contributed by atoms with E-state index in [9.17, 15) is 4.79 Å². The van der Waals surface area contributed by atoms with Gasteiger partial charge in [0.1, 0.15) is 5.75 Å². The molecule has 2 nitrogen and oxygen atoms in total. The summed E-state index contributed by atoms with van der Waals surface area (Å²) >= 11 is 5.58. The third-order valence-corrected chi connectivity index (χ3v) is 2.89. The van der Waals surface area contributed by atoms with Crippen LogP contribution in [-0.2, 0) is 0 Å². The largest absolute Gasteiger partial charge is 0.493 e. The van der Waals surface area contributed by atoms with Crippen LogP contribution in [0.15, 0.2) is 18.2 Å². The van der Waals surface area contributed by atoms with E-state index in [-0.39, 0.29) is 11.7 Å². The second-order valence-corrected chi connectivity index (χ2v) is 5.44. The Balaban J connectivity index is 3.01. The maximum absolute atomic E-state index is 11.6. The van der Waals surface area contributed by atoms with Gasteiger partial charge in [0.05, 0.1) is 12.5 Å². The predicted octanol–water partition coefficient (Wildman–Crippen LogP) is 4.27. The van der Waals surface area contributed by atoms with E-state index < -0.39 is 0 Å². The minimum Gasteiger partial charge on any atom is -0.493 e. The summed E-state index contributed by atoms with van der Waals surface area (Å²) in [5.41, 5.74) is 1.72. The van der Waals surface area contributed by atoms with Crippen molar-refractivity contribution in [2.75, 3.05) is 12.5 Å². The van der Waals surface area contributed by atoms with Crippen molar-refractivity contribution in [3.63, 3.8) is 0 Å². The molecule has 1 aromatic carbocycles. The minimum absolute atomic E-state index is 0.0176. The zero-order chi connectivity index (χ0) is 13.7. The Morgan fingerprint density at radius 3 is 2.44 bits per heavy atom. The first kappa shape index (κ1) is 15.0. The smallest absolute Gasteiger partial charge is 0.177 e. The molecule has 0 saturated heterocycles. The highest BCUT2D eigenvalue weighted by molar-refractivity contribution is 6.30. The highest BCUT2D eigenvalue weighted by atomic mass is 35.5. The number of ether oxygens (including phenoxy) is 1. The Morgan fingerprint density at radius 1 is 1.28 bits per heavy atom. The van der Waals surface area contributed by atoms with Crippen LogP contribution >= 0.6 is 11.6 Å². The lowest BCUT2D eigenvalue weighted by molar-refractivity contribution is 0.102. The molecule has 0 fully saturated rings. The van der Waals surface area contributed by atoms with Crippen LogP contribution < -0.4 is 4.74 Å². The molecular weight excluding hydrogens is 248 g/mol. The average molecular weight is 269 g/mol. The molecule has 0 aromatic heterocycles. The van der Waals surface area contributed by atoms with Gasteiger partial charge < -0.3 is 4.74 Å². The maximum atomic E-state index is 11.6. The van der Waals surface area contributed by atoms with Crippen molar-refractivity contribution in [2.45, 2.75) is 33.6 Å². The van der Waals surface area contributed by atoms with E-state index in [1.165, 1.54) is 0 Å². The van der Waals surface area contributed by atoms with Crippen molar-refractivity contribution in [3.05, 3.63) is 29.3 Å². The second kappa shape index (κ2) is 6.79. The van der Waals surface area contributed by atoms with Gasteiger partial charge in [0.25, 0.3) is 0 Å². The van der Waals surface area contributed by atoms with Gasteiger partial charge in [-0.05, 0) is 35.6 Å². The molecule has 0 atom stereocenters. The zero-order valence-corrected chi connectivity index (χ0v) is 12.3. The van der Waals surface area contributed by atoms with Crippen molar-refractivity contribution in [1.29, 1.82) is 0 Å². The second-order valence-electron chi connectivity index (χ2n) is 5.17. The van der Waals surface area contributed by atoms with Crippen molar-refractivity contribution >= 4 is 17.4 Å². The van der Waals surface area contributed by atoms with Gasteiger partial charge in [0, 0.05) is 5.56 Å². The molecule has 0 aliphatic carbocycles. The molecule has 18 heavy (non-hydrogen) atoms.